The maximum atomic E-state index is 13.9. The van der Waals surface area contributed by atoms with Crippen LogP contribution in [0.25, 0.3) is 0 Å². The lowest BCUT2D eigenvalue weighted by molar-refractivity contribution is 0.0778. The van der Waals surface area contributed by atoms with Gasteiger partial charge in [-0.3, -0.25) is 4.79 Å². The van der Waals surface area contributed by atoms with Crippen molar-refractivity contribution in [3.63, 3.8) is 0 Å². The number of halogens is 2. The number of hydrogen-bond donors (Lipinski definition) is 0. The summed E-state index contributed by atoms with van der Waals surface area (Å²) in [7, 11) is 1.61. The van der Waals surface area contributed by atoms with E-state index in [0.717, 1.165) is 10.0 Å². The van der Waals surface area contributed by atoms with Crippen LogP contribution in [-0.4, -0.2) is 32.8 Å². The average molecular weight is 403 g/mol. The second-order valence-corrected chi connectivity index (χ2v) is 6.60. The van der Waals surface area contributed by atoms with Crippen LogP contribution in [0.2, 0.25) is 0 Å². The molecule has 0 spiro atoms. The topological polar surface area (TPSA) is 51.0 Å². The van der Waals surface area contributed by atoms with Crippen LogP contribution < -0.4 is 0 Å². The average Bonchev–Trinajstić information content (AvgIpc) is 3.06. The van der Waals surface area contributed by atoms with E-state index in [1.54, 1.807) is 30.1 Å². The zero-order chi connectivity index (χ0) is 17.8. The number of amides is 1. The molecule has 0 bridgehead atoms. The van der Waals surface area contributed by atoms with Crippen molar-refractivity contribution in [1.82, 2.24) is 19.9 Å². The lowest BCUT2D eigenvalue weighted by atomic mass is 10.2. The predicted molar refractivity (Wildman–Crippen MR) is 95.5 cm³/mol. The fraction of sp³-hybridized carbons (Fsp3) is 0.167. The molecule has 3 aromatic rings. The molecular weight excluding hydrogens is 387 g/mol. The molecule has 0 unspecified atom stereocenters. The zero-order valence-electron chi connectivity index (χ0n) is 13.6. The number of hydrogen-bond acceptors (Lipinski definition) is 3. The molecule has 25 heavy (non-hydrogen) atoms. The number of nitrogens with zero attached hydrogens (tertiary/aromatic N) is 4. The highest BCUT2D eigenvalue weighted by Gasteiger charge is 2.17. The van der Waals surface area contributed by atoms with Gasteiger partial charge in [0.1, 0.15) is 5.82 Å². The Hall–Kier alpha value is -2.54. The van der Waals surface area contributed by atoms with Crippen LogP contribution in [0.4, 0.5) is 4.39 Å². The van der Waals surface area contributed by atoms with Crippen molar-refractivity contribution >= 4 is 21.8 Å². The maximum absolute atomic E-state index is 13.9. The fourth-order valence-corrected chi connectivity index (χ4v) is 2.84. The normalized spacial score (nSPS) is 10.7. The van der Waals surface area contributed by atoms with Gasteiger partial charge >= 0.3 is 0 Å². The predicted octanol–water partition coefficient (Wildman–Crippen LogP) is 3.50. The van der Waals surface area contributed by atoms with Gasteiger partial charge in [0, 0.05) is 23.6 Å². The minimum absolute atomic E-state index is 0.148. The first-order valence-corrected chi connectivity index (χ1v) is 8.45. The van der Waals surface area contributed by atoms with Gasteiger partial charge in [0.15, 0.2) is 5.69 Å². The van der Waals surface area contributed by atoms with Crippen molar-refractivity contribution in [3.8, 4) is 0 Å². The highest BCUT2D eigenvalue weighted by molar-refractivity contribution is 9.10. The van der Waals surface area contributed by atoms with Crippen LogP contribution >= 0.6 is 15.9 Å². The van der Waals surface area contributed by atoms with Crippen LogP contribution in [0.1, 0.15) is 21.6 Å². The van der Waals surface area contributed by atoms with Crippen LogP contribution in [0, 0.1) is 5.82 Å². The molecule has 3 rings (SSSR count). The summed E-state index contributed by atoms with van der Waals surface area (Å²) >= 11 is 3.31. The van der Waals surface area contributed by atoms with Crippen molar-refractivity contribution < 1.29 is 9.18 Å². The van der Waals surface area contributed by atoms with Gasteiger partial charge in [-0.15, -0.1) is 5.10 Å². The molecule has 128 valence electrons. The Morgan fingerprint density at radius 3 is 2.76 bits per heavy atom. The Bertz CT molecular complexity index is 882. The van der Waals surface area contributed by atoms with Crippen molar-refractivity contribution in [1.29, 1.82) is 0 Å². The molecule has 0 aliphatic heterocycles. The summed E-state index contributed by atoms with van der Waals surface area (Å²) in [5.74, 6) is -0.658. The van der Waals surface area contributed by atoms with Crippen molar-refractivity contribution in [3.05, 3.63) is 81.8 Å². The molecule has 1 heterocycles. The van der Waals surface area contributed by atoms with Gasteiger partial charge in [-0.1, -0.05) is 51.5 Å². The van der Waals surface area contributed by atoms with Crippen LogP contribution in [-0.2, 0) is 13.1 Å². The summed E-state index contributed by atoms with van der Waals surface area (Å²) in [6.07, 6.45) is 1.60. The van der Waals surface area contributed by atoms with Crippen LogP contribution in [0.15, 0.2) is 59.2 Å². The Kier molecular flexibility index (Phi) is 5.23. The summed E-state index contributed by atoms with van der Waals surface area (Å²) in [5, 5.41) is 7.92. The smallest absolute Gasteiger partial charge is 0.276 e. The number of carbonyl (C=O) groups is 1. The molecule has 0 saturated carbocycles. The second-order valence-electron chi connectivity index (χ2n) is 5.68. The third kappa shape index (κ3) is 4.30. The molecular formula is C18H16BrFN4O. The number of rotatable bonds is 5. The van der Waals surface area contributed by atoms with E-state index in [0.29, 0.717) is 12.1 Å². The summed E-state index contributed by atoms with van der Waals surface area (Å²) in [6.45, 7) is 0.681. The van der Waals surface area contributed by atoms with E-state index in [2.05, 4.69) is 26.2 Å². The van der Waals surface area contributed by atoms with Crippen molar-refractivity contribution in [2.75, 3.05) is 7.05 Å². The molecule has 0 saturated heterocycles. The summed E-state index contributed by atoms with van der Waals surface area (Å²) < 4.78 is 16.2. The lowest BCUT2D eigenvalue weighted by Crippen LogP contribution is -2.27. The largest absolute Gasteiger partial charge is 0.336 e. The maximum Gasteiger partial charge on any atom is 0.276 e. The minimum atomic E-state index is -0.351. The molecule has 7 heteroatoms. The standard InChI is InChI=1S/C18H16BrFN4O/c1-23(11-14-9-15(19)7-8-16(14)20)18(25)17-12-24(22-21-17)10-13-5-3-2-4-6-13/h2-9,12H,10-11H2,1H3. The monoisotopic (exact) mass is 402 g/mol. The first kappa shape index (κ1) is 17.3. The first-order valence-electron chi connectivity index (χ1n) is 7.66. The number of benzene rings is 2. The fourth-order valence-electron chi connectivity index (χ4n) is 2.43. The third-order valence-electron chi connectivity index (χ3n) is 3.71. The molecule has 0 aliphatic carbocycles. The van der Waals surface area contributed by atoms with Gasteiger partial charge in [-0.2, -0.15) is 0 Å². The second kappa shape index (κ2) is 7.57. The Morgan fingerprint density at radius 2 is 2.00 bits per heavy atom. The van der Waals surface area contributed by atoms with E-state index in [-0.39, 0.29) is 24.0 Å². The third-order valence-corrected chi connectivity index (χ3v) is 4.20. The molecule has 0 aliphatic rings. The van der Waals surface area contributed by atoms with E-state index >= 15 is 0 Å². The van der Waals surface area contributed by atoms with Gasteiger partial charge in [0.2, 0.25) is 0 Å². The molecule has 0 N–H and O–H groups in total. The minimum Gasteiger partial charge on any atom is -0.336 e. The number of aromatic nitrogens is 3. The highest BCUT2D eigenvalue weighted by Crippen LogP contribution is 2.17. The van der Waals surface area contributed by atoms with Crippen molar-refractivity contribution in [2.45, 2.75) is 13.1 Å². The molecule has 5 nitrogen and oxygen atoms in total. The summed E-state index contributed by atoms with van der Waals surface area (Å²) in [5.41, 5.74) is 1.73. The lowest BCUT2D eigenvalue weighted by Gasteiger charge is -2.16. The van der Waals surface area contributed by atoms with E-state index in [4.69, 9.17) is 0 Å². The van der Waals surface area contributed by atoms with Crippen LogP contribution in [0.3, 0.4) is 0 Å². The highest BCUT2D eigenvalue weighted by atomic mass is 79.9. The molecule has 0 fully saturated rings. The van der Waals surface area contributed by atoms with Gasteiger partial charge in [0.25, 0.3) is 5.91 Å². The Balaban J connectivity index is 1.69. The van der Waals surface area contributed by atoms with E-state index < -0.39 is 0 Å². The molecule has 2 aromatic carbocycles. The quantitative estimate of drug-likeness (QED) is 0.656. The van der Waals surface area contributed by atoms with Gasteiger partial charge in [-0.25, -0.2) is 9.07 Å². The SMILES string of the molecule is CN(Cc1cc(Br)ccc1F)C(=O)c1cn(Cc2ccccc2)nn1. The molecule has 0 radical (unpaired) electrons. The van der Waals surface area contributed by atoms with Gasteiger partial charge in [0.05, 0.1) is 12.7 Å². The van der Waals surface area contributed by atoms with Crippen LogP contribution in [0.5, 0.6) is 0 Å². The molecule has 0 atom stereocenters. The first-order chi connectivity index (χ1) is 12.0. The zero-order valence-corrected chi connectivity index (χ0v) is 15.1. The Morgan fingerprint density at radius 1 is 1.24 bits per heavy atom. The van der Waals surface area contributed by atoms with Crippen molar-refractivity contribution in [2.24, 2.45) is 0 Å². The number of carbonyl (C=O) groups excluding carboxylic acids is 1. The summed E-state index contributed by atoms with van der Waals surface area (Å²) in [6, 6.07) is 14.4. The van der Waals surface area contributed by atoms with E-state index in [1.807, 2.05) is 30.3 Å². The van der Waals surface area contributed by atoms with Gasteiger partial charge in [-0.05, 0) is 23.8 Å². The summed E-state index contributed by atoms with van der Waals surface area (Å²) in [4.78, 5) is 13.9. The van der Waals surface area contributed by atoms with E-state index in [1.165, 1.54) is 11.0 Å². The van der Waals surface area contributed by atoms with E-state index in [9.17, 15) is 9.18 Å². The Labute approximate surface area is 153 Å². The van der Waals surface area contributed by atoms with Gasteiger partial charge < -0.3 is 4.90 Å². The molecule has 1 amide bonds. The molecule has 1 aromatic heterocycles.